The van der Waals surface area contributed by atoms with Crippen LogP contribution in [0, 0.1) is 6.57 Å². The van der Waals surface area contributed by atoms with Crippen LogP contribution >= 0.6 is 0 Å². The number of nitrogens with one attached hydrogen (secondary N) is 3. The number of fused-ring (bicyclic) bond motifs is 3. The summed E-state index contributed by atoms with van der Waals surface area (Å²) in [5.41, 5.74) is 18.5. The number of anilines is 3. The van der Waals surface area contributed by atoms with E-state index >= 15 is 0 Å². The third-order valence-corrected chi connectivity index (χ3v) is 8.51. The summed E-state index contributed by atoms with van der Waals surface area (Å²) in [6.07, 6.45) is 0. The van der Waals surface area contributed by atoms with Crippen LogP contribution in [0.3, 0.4) is 0 Å². The van der Waals surface area contributed by atoms with Crippen LogP contribution in [0.4, 0.5) is 22.7 Å². The number of aliphatic imine (C=N–C) groups is 3. The third kappa shape index (κ3) is 6.61. The summed E-state index contributed by atoms with van der Waals surface area (Å²) in [4.78, 5) is 44.7. The fourth-order valence-corrected chi connectivity index (χ4v) is 5.94. The highest BCUT2D eigenvalue weighted by molar-refractivity contribution is 6.30. The number of amides is 1. The summed E-state index contributed by atoms with van der Waals surface area (Å²) >= 11 is 0. The quantitative estimate of drug-likeness (QED) is 0.0721. The average molecular weight is 698 g/mol. The molecule has 5 aromatic carbocycles. The number of amidine groups is 2. The number of nitrogen functional groups attached to an aromatic ring is 2. The number of pyridine rings is 1. The van der Waals surface area contributed by atoms with Gasteiger partial charge in [-0.1, -0.05) is 60.7 Å². The SMILES string of the molecule is Nc1ccc(N=C2N=C(c3c(O)c4ccccc4[nH]c3=O)c3ccccc32)cc1.[C-]#[N+]/C(C(=O)NC)=C1/N=C(Nc2ccc(N)cc2)c2ccccc21. The molecule has 0 aliphatic carbocycles. The lowest BCUT2D eigenvalue weighted by Crippen LogP contribution is -2.19. The van der Waals surface area contributed by atoms with E-state index in [1.54, 1.807) is 54.6 Å². The summed E-state index contributed by atoms with van der Waals surface area (Å²) < 4.78 is 0. The van der Waals surface area contributed by atoms with E-state index in [4.69, 9.17) is 18.0 Å². The van der Waals surface area contributed by atoms with Crippen LogP contribution in [0.1, 0.15) is 27.8 Å². The van der Waals surface area contributed by atoms with E-state index in [-0.39, 0.29) is 17.0 Å². The highest BCUT2D eigenvalue weighted by atomic mass is 16.3. The van der Waals surface area contributed by atoms with Crippen molar-refractivity contribution in [2.24, 2.45) is 15.0 Å². The Kier molecular flexibility index (Phi) is 9.04. The van der Waals surface area contributed by atoms with Crippen LogP contribution in [0.25, 0.3) is 21.4 Å². The molecule has 12 nitrogen and oxygen atoms in total. The molecular formula is C41H31N9O3. The first-order valence-corrected chi connectivity index (χ1v) is 16.4. The second kappa shape index (κ2) is 14.2. The van der Waals surface area contributed by atoms with Gasteiger partial charge in [-0.2, -0.15) is 0 Å². The topological polar surface area (TPSA) is 188 Å². The van der Waals surface area contributed by atoms with Gasteiger partial charge in [-0.3, -0.25) is 9.59 Å². The Bertz CT molecular complexity index is 2650. The molecule has 2 aliphatic rings. The zero-order valence-electron chi connectivity index (χ0n) is 28.3. The Balaban J connectivity index is 0.000000168. The van der Waals surface area contributed by atoms with E-state index in [1.165, 1.54) is 7.05 Å². The van der Waals surface area contributed by atoms with Gasteiger partial charge in [-0.15, -0.1) is 0 Å². The first-order valence-electron chi connectivity index (χ1n) is 16.4. The number of aromatic nitrogens is 1. The van der Waals surface area contributed by atoms with Crippen molar-refractivity contribution >= 4 is 62.6 Å². The fraction of sp³-hybridized carbons (Fsp3) is 0.0244. The third-order valence-electron chi connectivity index (χ3n) is 8.51. The zero-order chi connectivity index (χ0) is 37.1. The molecule has 1 aromatic heterocycles. The number of rotatable bonds is 4. The molecule has 6 aromatic rings. The van der Waals surface area contributed by atoms with E-state index in [0.717, 1.165) is 27.9 Å². The van der Waals surface area contributed by atoms with E-state index in [1.807, 2.05) is 66.7 Å². The Morgan fingerprint density at radius 1 is 0.792 bits per heavy atom. The van der Waals surface area contributed by atoms with Gasteiger partial charge in [-0.25, -0.2) is 19.8 Å². The molecule has 0 saturated carbocycles. The normalized spacial score (nSPS) is 14.2. The Morgan fingerprint density at radius 2 is 1.40 bits per heavy atom. The van der Waals surface area contributed by atoms with Crippen LogP contribution in [-0.2, 0) is 4.79 Å². The monoisotopic (exact) mass is 697 g/mol. The maximum Gasteiger partial charge on any atom is 0.275 e. The van der Waals surface area contributed by atoms with Gasteiger partial charge in [0.15, 0.2) is 5.84 Å². The smallest absolute Gasteiger partial charge is 0.275 e. The minimum absolute atomic E-state index is 0.0287. The van der Waals surface area contributed by atoms with Gasteiger partial charge in [0.25, 0.3) is 17.2 Å². The minimum Gasteiger partial charge on any atom is -0.506 e. The van der Waals surface area contributed by atoms with Gasteiger partial charge >= 0.3 is 0 Å². The van der Waals surface area contributed by atoms with Gasteiger partial charge < -0.3 is 32.2 Å². The summed E-state index contributed by atoms with van der Waals surface area (Å²) in [6.45, 7) is 7.31. The molecule has 0 bridgehead atoms. The number of hydrogen-bond donors (Lipinski definition) is 6. The number of carbonyl (C=O) groups excluding carboxylic acids is 1. The molecule has 12 heteroatoms. The van der Waals surface area contributed by atoms with Crippen LogP contribution < -0.4 is 27.7 Å². The predicted molar refractivity (Wildman–Crippen MR) is 210 cm³/mol. The van der Waals surface area contributed by atoms with Gasteiger partial charge in [0.2, 0.25) is 0 Å². The predicted octanol–water partition coefficient (Wildman–Crippen LogP) is 6.22. The van der Waals surface area contributed by atoms with Crippen molar-refractivity contribution in [3.05, 3.63) is 177 Å². The number of benzene rings is 5. The molecule has 8 rings (SSSR count). The minimum atomic E-state index is -0.452. The average Bonchev–Trinajstić information content (AvgIpc) is 3.72. The number of nitrogens with two attached hydrogens (primary N) is 2. The van der Waals surface area contributed by atoms with E-state index in [0.29, 0.717) is 51.0 Å². The van der Waals surface area contributed by atoms with Crippen molar-refractivity contribution in [2.45, 2.75) is 0 Å². The maximum atomic E-state index is 12.8. The van der Waals surface area contributed by atoms with Crippen LogP contribution in [-0.4, -0.2) is 40.4 Å². The molecule has 0 atom stereocenters. The van der Waals surface area contributed by atoms with Gasteiger partial charge in [0.05, 0.1) is 29.2 Å². The summed E-state index contributed by atoms with van der Waals surface area (Å²) in [7, 11) is 1.49. The zero-order valence-corrected chi connectivity index (χ0v) is 28.3. The van der Waals surface area contributed by atoms with Crippen LogP contribution in [0.2, 0.25) is 0 Å². The van der Waals surface area contributed by atoms with Crippen molar-refractivity contribution in [3.63, 3.8) is 0 Å². The Morgan fingerprint density at radius 3 is 2.08 bits per heavy atom. The number of para-hydroxylation sites is 1. The molecule has 0 spiro atoms. The van der Waals surface area contributed by atoms with Crippen molar-refractivity contribution in [1.82, 2.24) is 10.3 Å². The van der Waals surface area contributed by atoms with Gasteiger partial charge in [0, 0.05) is 51.7 Å². The molecule has 0 fully saturated rings. The molecule has 0 unspecified atom stereocenters. The highest BCUT2D eigenvalue weighted by Crippen LogP contribution is 2.33. The standard InChI is InChI=1S/C23H16N4O2.C18H15N5O/c24-13-9-11-14(12-10-13)25-22-16-6-2-1-5-15(16)20(27-22)19-21(28)17-7-3-4-8-18(17)26-23(19)29;1-20-16(18(24)21-2)15-13-5-3-4-6-14(13)17(23-15)22-12-9-7-11(19)8-10-12/h1-12H,24H2,(H2,26,28,29);3-10H,19H2,2H3,(H,21,24)(H,22,23)/b;16-15+. The van der Waals surface area contributed by atoms with E-state index in [9.17, 15) is 14.7 Å². The second-order valence-corrected chi connectivity index (χ2v) is 11.9. The number of aromatic hydroxyl groups is 1. The maximum absolute atomic E-state index is 12.8. The molecule has 3 heterocycles. The summed E-state index contributed by atoms with van der Waals surface area (Å²) in [6, 6.07) is 36.5. The highest BCUT2D eigenvalue weighted by Gasteiger charge is 2.28. The molecule has 0 radical (unpaired) electrons. The van der Waals surface area contributed by atoms with Crippen LogP contribution in [0.5, 0.6) is 5.75 Å². The lowest BCUT2D eigenvalue weighted by molar-refractivity contribution is -0.116. The molecule has 258 valence electrons. The van der Waals surface area contributed by atoms with Crippen molar-refractivity contribution < 1.29 is 9.90 Å². The molecule has 1 amide bonds. The first kappa shape index (κ1) is 33.7. The molecule has 8 N–H and O–H groups in total. The molecule has 53 heavy (non-hydrogen) atoms. The van der Waals surface area contributed by atoms with Gasteiger partial charge in [0.1, 0.15) is 17.1 Å². The number of likely N-dealkylation sites (N-methyl/N-ethyl adjacent to an activating group) is 1. The van der Waals surface area contributed by atoms with Crippen LogP contribution in [0.15, 0.2) is 147 Å². The van der Waals surface area contributed by atoms with Crippen molar-refractivity contribution in [1.29, 1.82) is 0 Å². The number of aromatic amines is 1. The Hall–Kier alpha value is -7.78. The van der Waals surface area contributed by atoms with E-state index < -0.39 is 11.5 Å². The lowest BCUT2D eigenvalue weighted by Gasteiger charge is -2.08. The van der Waals surface area contributed by atoms with E-state index in [2.05, 4.69) is 35.4 Å². The first-order chi connectivity index (χ1) is 25.7. The summed E-state index contributed by atoms with van der Waals surface area (Å²) in [5, 5.41) is 17.1. The number of H-pyrrole nitrogens is 1. The largest absolute Gasteiger partial charge is 0.506 e. The second-order valence-electron chi connectivity index (χ2n) is 11.9. The van der Waals surface area contributed by atoms with Gasteiger partial charge in [-0.05, 0) is 60.7 Å². The summed E-state index contributed by atoms with van der Waals surface area (Å²) in [5.74, 6) is 0.529. The molecular weight excluding hydrogens is 667 g/mol. The fourth-order valence-electron chi connectivity index (χ4n) is 5.94. The lowest BCUT2D eigenvalue weighted by atomic mass is 9.99. The van der Waals surface area contributed by atoms with Crippen molar-refractivity contribution in [3.8, 4) is 5.75 Å². The number of carbonyl (C=O) groups is 1. The number of nitrogens with zero attached hydrogens (tertiary/aromatic N) is 4. The molecule has 0 saturated heterocycles. The molecule has 2 aliphatic heterocycles. The Labute approximate surface area is 303 Å². The van der Waals surface area contributed by atoms with Crippen molar-refractivity contribution in [2.75, 3.05) is 23.8 Å². The number of hydrogen-bond acceptors (Lipinski definition) is 8.